The van der Waals surface area contributed by atoms with Crippen LogP contribution in [0, 0.1) is 40.9 Å². The fraction of sp³-hybridized carbons (Fsp3) is 0.448. The van der Waals surface area contributed by atoms with Crippen molar-refractivity contribution in [1.29, 1.82) is 0 Å². The number of nitrogens with one attached hydrogen (secondary N) is 2. The highest BCUT2D eigenvalue weighted by atomic mass is 19.2. The maximum atomic E-state index is 14.7. The van der Waals surface area contributed by atoms with Crippen molar-refractivity contribution in [1.82, 2.24) is 15.5 Å². The number of carbonyl (C=O) groups excluding carboxylic acids is 4. The number of carbonyl (C=O) groups is 4. The van der Waals surface area contributed by atoms with Crippen molar-refractivity contribution in [3.8, 4) is 5.75 Å². The predicted octanol–water partition coefficient (Wildman–Crippen LogP) is 1.33. The fourth-order valence-electron chi connectivity index (χ4n) is 5.24. The summed E-state index contributed by atoms with van der Waals surface area (Å²) in [6.45, 7) is 2.50. The molecule has 0 aromatic heterocycles. The summed E-state index contributed by atoms with van der Waals surface area (Å²) in [6.07, 6.45) is -4.70. The normalized spacial score (nSPS) is 26.7. The molecule has 0 radical (unpaired) electrons. The van der Waals surface area contributed by atoms with Gasteiger partial charge in [0, 0.05) is 24.9 Å². The number of rotatable bonds is 5. The third-order valence-corrected chi connectivity index (χ3v) is 7.97. The Morgan fingerprint density at radius 3 is 2.13 bits per heavy atom. The summed E-state index contributed by atoms with van der Waals surface area (Å²) in [7, 11) is 1.24. The number of nitrogens with zero attached hydrogens (tertiary/aromatic N) is 1. The van der Waals surface area contributed by atoms with Crippen LogP contribution in [0.15, 0.2) is 24.3 Å². The van der Waals surface area contributed by atoms with Crippen LogP contribution in [0.3, 0.4) is 0 Å². The van der Waals surface area contributed by atoms with E-state index >= 15 is 0 Å². The summed E-state index contributed by atoms with van der Waals surface area (Å²) < 4.78 is 81.8. The zero-order valence-corrected chi connectivity index (χ0v) is 24.2. The minimum atomic E-state index is -2.42. The van der Waals surface area contributed by atoms with Gasteiger partial charge in [0.05, 0.1) is 36.8 Å². The van der Waals surface area contributed by atoms with Gasteiger partial charge < -0.3 is 35.2 Å². The zero-order chi connectivity index (χ0) is 33.3. The Morgan fingerprint density at radius 2 is 1.58 bits per heavy atom. The number of aliphatic hydroxyl groups excluding tert-OH is 1. The molecule has 244 valence electrons. The molecule has 2 aliphatic rings. The molecule has 2 aromatic carbocycles. The molecule has 2 aromatic rings. The van der Waals surface area contributed by atoms with Crippen molar-refractivity contribution in [3.05, 3.63) is 64.5 Å². The second kappa shape index (κ2) is 13.4. The van der Waals surface area contributed by atoms with E-state index in [4.69, 9.17) is 9.47 Å². The van der Waals surface area contributed by atoms with Crippen LogP contribution in [0.25, 0.3) is 0 Å². The van der Waals surface area contributed by atoms with Crippen molar-refractivity contribution >= 4 is 23.7 Å². The average Bonchev–Trinajstić information content (AvgIpc) is 2.98. The second-order valence-electron chi connectivity index (χ2n) is 10.9. The molecule has 6 atom stereocenters. The quantitative estimate of drug-likeness (QED) is 0.165. The summed E-state index contributed by atoms with van der Waals surface area (Å²) in [4.78, 5) is 54.4. The van der Waals surface area contributed by atoms with E-state index in [0.717, 1.165) is 4.90 Å². The van der Waals surface area contributed by atoms with E-state index in [0.29, 0.717) is 0 Å². The molecule has 2 heterocycles. The smallest absolute Gasteiger partial charge is 0.329 e. The van der Waals surface area contributed by atoms with Gasteiger partial charge in [0.25, 0.3) is 5.91 Å². The second-order valence-corrected chi connectivity index (χ2v) is 10.9. The van der Waals surface area contributed by atoms with Gasteiger partial charge in [0.15, 0.2) is 23.3 Å². The highest BCUT2D eigenvalue weighted by Crippen LogP contribution is 2.28. The summed E-state index contributed by atoms with van der Waals surface area (Å²) in [5, 5.41) is 25.9. The number of phenols is 1. The number of phenolic OH excluding ortho intramolecular Hbond substituents is 1. The lowest BCUT2D eigenvalue weighted by Crippen LogP contribution is -2.62. The van der Waals surface area contributed by atoms with Gasteiger partial charge in [-0.3, -0.25) is 14.4 Å². The van der Waals surface area contributed by atoms with Crippen LogP contribution in [-0.2, 0) is 30.3 Å². The van der Waals surface area contributed by atoms with Crippen molar-refractivity contribution in [2.75, 3.05) is 20.3 Å². The number of para-hydroxylation sites is 1. The van der Waals surface area contributed by atoms with Gasteiger partial charge in [0.2, 0.25) is 17.6 Å². The van der Waals surface area contributed by atoms with E-state index < -0.39 is 113 Å². The highest BCUT2D eigenvalue weighted by molar-refractivity contribution is 6.00. The molecule has 0 spiro atoms. The summed E-state index contributed by atoms with van der Waals surface area (Å²) in [6, 6.07) is 0.294. The molecule has 4 rings (SSSR count). The number of hydrogen-bond donors (Lipinski definition) is 4. The number of aromatic hydroxyl groups is 1. The van der Waals surface area contributed by atoms with E-state index in [1.165, 1.54) is 45.2 Å². The summed E-state index contributed by atoms with van der Waals surface area (Å²) in [5.74, 6) is -18.0. The van der Waals surface area contributed by atoms with E-state index in [-0.39, 0.29) is 18.8 Å². The molecule has 0 aliphatic carbocycles. The van der Waals surface area contributed by atoms with Gasteiger partial charge in [-0.25, -0.2) is 26.7 Å². The first kappa shape index (κ1) is 33.6. The molecule has 2 fully saturated rings. The number of cyclic esters (lactones) is 1. The summed E-state index contributed by atoms with van der Waals surface area (Å²) >= 11 is 0. The molecule has 3 amide bonds. The number of benzene rings is 2. The third kappa shape index (κ3) is 6.56. The van der Waals surface area contributed by atoms with Crippen molar-refractivity contribution in [3.63, 3.8) is 0 Å². The Kier molecular flexibility index (Phi) is 9.97. The van der Waals surface area contributed by atoms with Gasteiger partial charge >= 0.3 is 5.97 Å². The van der Waals surface area contributed by atoms with E-state index in [9.17, 15) is 51.3 Å². The first-order valence-corrected chi connectivity index (χ1v) is 13.8. The average molecular weight is 644 g/mol. The minimum Gasteiger partial charge on any atom is -0.507 e. The fourth-order valence-corrected chi connectivity index (χ4v) is 5.24. The van der Waals surface area contributed by atoms with Gasteiger partial charge in [-0.2, -0.15) is 0 Å². The third-order valence-electron chi connectivity index (χ3n) is 7.97. The van der Waals surface area contributed by atoms with Crippen LogP contribution < -0.4 is 10.6 Å². The van der Waals surface area contributed by atoms with E-state index in [2.05, 4.69) is 10.6 Å². The molecule has 11 nitrogen and oxygen atoms in total. The zero-order valence-electron chi connectivity index (χ0n) is 24.2. The van der Waals surface area contributed by atoms with Crippen molar-refractivity contribution in [2.45, 2.75) is 50.6 Å². The first-order valence-electron chi connectivity index (χ1n) is 13.8. The molecular formula is C29H30F5N3O8. The van der Waals surface area contributed by atoms with Crippen LogP contribution in [0.2, 0.25) is 0 Å². The molecule has 0 bridgehead atoms. The van der Waals surface area contributed by atoms with Crippen LogP contribution in [0.5, 0.6) is 5.75 Å². The highest BCUT2D eigenvalue weighted by Gasteiger charge is 2.45. The van der Waals surface area contributed by atoms with Crippen LogP contribution in [0.4, 0.5) is 22.0 Å². The van der Waals surface area contributed by atoms with E-state index in [1.807, 2.05) is 0 Å². The molecule has 4 N–H and O–H groups in total. The van der Waals surface area contributed by atoms with Crippen molar-refractivity contribution in [2.24, 2.45) is 11.8 Å². The number of likely N-dealkylation sites (N-methyl/N-ethyl adjacent to an activating group) is 1. The standard InChI is InChI=1S/C29H30F5N3O8/c1-11-25(39)16(8-15-18(30)20(32)22(34)21(33)19(15)31)35-27(41)23(36-26(40)14-6-4-5-7-17(14)38)12(2)45-29(43)24(13-9-44-10-13)37(3)28(11)42/h4-7,11-13,16,23-25,38-39H,8-10H2,1-3H3,(H,35,41)(H,36,40)/t11-,12-,16+,23+,24?,25+/m1/s1. The Bertz CT molecular complexity index is 1480. The van der Waals surface area contributed by atoms with Gasteiger partial charge in [0.1, 0.15) is 23.9 Å². The predicted molar refractivity (Wildman–Crippen MR) is 143 cm³/mol. The van der Waals surface area contributed by atoms with Crippen molar-refractivity contribution < 1.29 is 60.8 Å². The Balaban J connectivity index is 1.78. The number of aliphatic hydroxyl groups is 1. The number of amides is 3. The monoisotopic (exact) mass is 643 g/mol. The maximum absolute atomic E-state index is 14.7. The Hall–Kier alpha value is -4.31. The number of halogens is 5. The lowest BCUT2D eigenvalue weighted by atomic mass is 9.89. The summed E-state index contributed by atoms with van der Waals surface area (Å²) in [5.41, 5.74) is -1.66. The number of esters is 1. The van der Waals surface area contributed by atoms with Gasteiger partial charge in [-0.1, -0.05) is 19.1 Å². The SMILES string of the molecule is C[C@H]1OC(=O)C(C2COC2)N(C)C(=O)[C@H](C)[C@H](O)[C@H](Cc2c(F)c(F)c(F)c(F)c2F)NC(=O)[C@H]1NC(=O)c1ccccc1O. The molecule has 2 saturated heterocycles. The van der Waals surface area contributed by atoms with E-state index in [1.54, 1.807) is 0 Å². The van der Waals surface area contributed by atoms with Crippen LogP contribution in [0.1, 0.15) is 29.8 Å². The van der Waals surface area contributed by atoms with Crippen LogP contribution >= 0.6 is 0 Å². The lowest BCUT2D eigenvalue weighted by molar-refractivity contribution is -0.173. The molecule has 1 unspecified atom stereocenters. The number of hydrogen-bond acceptors (Lipinski definition) is 8. The first-order chi connectivity index (χ1) is 21.1. The van der Waals surface area contributed by atoms with Gasteiger partial charge in [-0.05, 0) is 19.1 Å². The molecule has 16 heteroatoms. The minimum absolute atomic E-state index is 0.0551. The number of ether oxygens (including phenoxy) is 2. The Morgan fingerprint density at radius 1 is 1.00 bits per heavy atom. The molecule has 0 saturated carbocycles. The van der Waals surface area contributed by atoms with Crippen LogP contribution in [-0.4, -0.2) is 89.4 Å². The lowest BCUT2D eigenvalue weighted by Gasteiger charge is -2.41. The molecular weight excluding hydrogens is 613 g/mol. The maximum Gasteiger partial charge on any atom is 0.329 e. The largest absolute Gasteiger partial charge is 0.507 e. The van der Waals surface area contributed by atoms with Gasteiger partial charge in [-0.15, -0.1) is 0 Å². The molecule has 2 aliphatic heterocycles. The Labute approximate surface area is 253 Å². The molecule has 45 heavy (non-hydrogen) atoms. The topological polar surface area (TPSA) is 154 Å².